The SMILES string of the molecule is O=C(c1ccc(C2CCNN2)cc1)N1CCN(Cc2ccccn2)CC1. The molecule has 136 valence electrons. The first-order valence-corrected chi connectivity index (χ1v) is 9.29. The van der Waals surface area contributed by atoms with E-state index in [1.807, 2.05) is 41.4 Å². The topological polar surface area (TPSA) is 60.5 Å². The van der Waals surface area contributed by atoms with Crippen LogP contribution in [0.5, 0.6) is 0 Å². The summed E-state index contributed by atoms with van der Waals surface area (Å²) in [6.07, 6.45) is 2.90. The first-order valence-electron chi connectivity index (χ1n) is 9.29. The molecule has 2 fully saturated rings. The first kappa shape index (κ1) is 17.1. The number of hydrazine groups is 1. The Morgan fingerprint density at radius 2 is 1.88 bits per heavy atom. The molecule has 3 heterocycles. The second-order valence-electron chi connectivity index (χ2n) is 6.92. The Morgan fingerprint density at radius 1 is 1.08 bits per heavy atom. The molecule has 0 bridgehead atoms. The third-order valence-corrected chi connectivity index (χ3v) is 5.17. The molecule has 0 spiro atoms. The van der Waals surface area contributed by atoms with Crippen molar-refractivity contribution in [2.75, 3.05) is 32.7 Å². The van der Waals surface area contributed by atoms with Crippen molar-refractivity contribution >= 4 is 5.91 Å². The number of pyridine rings is 1. The predicted octanol–water partition coefficient (Wildman–Crippen LogP) is 1.58. The molecule has 1 aromatic carbocycles. The van der Waals surface area contributed by atoms with Gasteiger partial charge >= 0.3 is 0 Å². The Kier molecular flexibility index (Phi) is 5.24. The number of nitrogens with one attached hydrogen (secondary N) is 2. The fourth-order valence-corrected chi connectivity index (χ4v) is 3.60. The quantitative estimate of drug-likeness (QED) is 0.876. The van der Waals surface area contributed by atoms with E-state index in [9.17, 15) is 4.79 Å². The minimum Gasteiger partial charge on any atom is -0.336 e. The number of aromatic nitrogens is 1. The van der Waals surface area contributed by atoms with Crippen LogP contribution in [0.15, 0.2) is 48.7 Å². The maximum absolute atomic E-state index is 12.8. The van der Waals surface area contributed by atoms with Crippen molar-refractivity contribution in [1.82, 2.24) is 25.6 Å². The summed E-state index contributed by atoms with van der Waals surface area (Å²) in [7, 11) is 0. The van der Waals surface area contributed by atoms with E-state index >= 15 is 0 Å². The number of piperazine rings is 1. The molecule has 1 aromatic heterocycles. The van der Waals surface area contributed by atoms with Gasteiger partial charge in [-0.1, -0.05) is 18.2 Å². The van der Waals surface area contributed by atoms with Crippen molar-refractivity contribution in [3.8, 4) is 0 Å². The van der Waals surface area contributed by atoms with Gasteiger partial charge in [0, 0.05) is 57.1 Å². The zero-order chi connectivity index (χ0) is 17.8. The van der Waals surface area contributed by atoms with E-state index in [-0.39, 0.29) is 5.91 Å². The summed E-state index contributed by atoms with van der Waals surface area (Å²) >= 11 is 0. The summed E-state index contributed by atoms with van der Waals surface area (Å²) in [5.74, 6) is 0.131. The molecule has 0 radical (unpaired) electrons. The molecule has 1 unspecified atom stereocenters. The number of rotatable bonds is 4. The number of hydrogen-bond donors (Lipinski definition) is 2. The normalized spacial score (nSPS) is 21.1. The van der Waals surface area contributed by atoms with Gasteiger partial charge in [0.25, 0.3) is 5.91 Å². The number of carbonyl (C=O) groups excluding carboxylic acids is 1. The number of carbonyl (C=O) groups is 1. The molecule has 2 aliphatic rings. The maximum atomic E-state index is 12.8. The van der Waals surface area contributed by atoms with Crippen LogP contribution in [0.1, 0.15) is 34.1 Å². The lowest BCUT2D eigenvalue weighted by atomic mass is 10.0. The lowest BCUT2D eigenvalue weighted by Crippen LogP contribution is -2.48. The van der Waals surface area contributed by atoms with Crippen LogP contribution in [-0.4, -0.2) is 53.4 Å². The van der Waals surface area contributed by atoms with Crippen LogP contribution >= 0.6 is 0 Å². The average molecular weight is 351 g/mol. The molecule has 0 aliphatic carbocycles. The van der Waals surface area contributed by atoms with Crippen molar-refractivity contribution in [3.05, 3.63) is 65.5 Å². The molecule has 2 aromatic rings. The lowest BCUT2D eigenvalue weighted by molar-refractivity contribution is 0.0627. The second-order valence-corrected chi connectivity index (χ2v) is 6.92. The van der Waals surface area contributed by atoms with Crippen LogP contribution in [0.4, 0.5) is 0 Å². The van der Waals surface area contributed by atoms with E-state index in [4.69, 9.17) is 0 Å². The molecule has 4 rings (SSSR count). The molecule has 1 atom stereocenters. The minimum absolute atomic E-state index is 0.131. The van der Waals surface area contributed by atoms with Crippen LogP contribution in [0.3, 0.4) is 0 Å². The maximum Gasteiger partial charge on any atom is 0.253 e. The summed E-state index contributed by atoms with van der Waals surface area (Å²) in [6, 6.07) is 14.4. The fraction of sp³-hybridized carbons (Fsp3) is 0.400. The summed E-state index contributed by atoms with van der Waals surface area (Å²) in [6.45, 7) is 5.13. The summed E-state index contributed by atoms with van der Waals surface area (Å²) in [5.41, 5.74) is 9.49. The van der Waals surface area contributed by atoms with Crippen molar-refractivity contribution < 1.29 is 4.79 Å². The standard InChI is InChI=1S/C20H25N5O/c26-20(17-6-4-16(5-7-17)19-8-10-22-23-19)25-13-11-24(12-14-25)15-18-3-1-2-9-21-18/h1-7,9,19,22-23H,8,10-15H2. The molecule has 1 amide bonds. The van der Waals surface area contributed by atoms with Gasteiger partial charge in [0.05, 0.1) is 5.69 Å². The van der Waals surface area contributed by atoms with Gasteiger partial charge in [-0.25, -0.2) is 0 Å². The molecular formula is C20H25N5O. The molecule has 2 saturated heterocycles. The Labute approximate surface area is 154 Å². The van der Waals surface area contributed by atoms with Crippen molar-refractivity contribution in [1.29, 1.82) is 0 Å². The molecular weight excluding hydrogens is 326 g/mol. The van der Waals surface area contributed by atoms with Gasteiger partial charge in [-0.3, -0.25) is 25.5 Å². The largest absolute Gasteiger partial charge is 0.336 e. The molecule has 2 aliphatic heterocycles. The minimum atomic E-state index is 0.131. The number of benzene rings is 1. The smallest absolute Gasteiger partial charge is 0.253 e. The van der Waals surface area contributed by atoms with E-state index in [0.717, 1.165) is 56.9 Å². The Balaban J connectivity index is 1.31. The van der Waals surface area contributed by atoms with E-state index in [2.05, 4.69) is 32.9 Å². The second kappa shape index (κ2) is 7.95. The summed E-state index contributed by atoms with van der Waals surface area (Å²) < 4.78 is 0. The molecule has 0 saturated carbocycles. The van der Waals surface area contributed by atoms with E-state index in [1.165, 1.54) is 5.56 Å². The van der Waals surface area contributed by atoms with Gasteiger partial charge in [-0.15, -0.1) is 0 Å². The molecule has 6 nitrogen and oxygen atoms in total. The van der Waals surface area contributed by atoms with Crippen molar-refractivity contribution in [3.63, 3.8) is 0 Å². The van der Waals surface area contributed by atoms with Crippen LogP contribution in [0.2, 0.25) is 0 Å². The average Bonchev–Trinajstić information content (AvgIpc) is 3.24. The van der Waals surface area contributed by atoms with Crippen LogP contribution < -0.4 is 10.9 Å². The highest BCUT2D eigenvalue weighted by molar-refractivity contribution is 5.94. The van der Waals surface area contributed by atoms with Gasteiger partial charge in [-0.2, -0.15) is 0 Å². The third-order valence-electron chi connectivity index (χ3n) is 5.17. The lowest BCUT2D eigenvalue weighted by Gasteiger charge is -2.34. The predicted molar refractivity (Wildman–Crippen MR) is 100 cm³/mol. The van der Waals surface area contributed by atoms with Crippen LogP contribution in [0, 0.1) is 0 Å². The highest BCUT2D eigenvalue weighted by Gasteiger charge is 2.23. The first-order chi connectivity index (χ1) is 12.8. The Morgan fingerprint density at radius 3 is 2.54 bits per heavy atom. The van der Waals surface area contributed by atoms with Crippen LogP contribution in [-0.2, 0) is 6.54 Å². The zero-order valence-corrected chi connectivity index (χ0v) is 14.9. The summed E-state index contributed by atoms with van der Waals surface area (Å²) in [5, 5.41) is 0. The third kappa shape index (κ3) is 3.93. The fourth-order valence-electron chi connectivity index (χ4n) is 3.60. The van der Waals surface area contributed by atoms with Gasteiger partial charge in [0.1, 0.15) is 0 Å². The number of hydrogen-bond acceptors (Lipinski definition) is 5. The molecule has 26 heavy (non-hydrogen) atoms. The van der Waals surface area contributed by atoms with Gasteiger partial charge in [-0.05, 0) is 36.2 Å². The summed E-state index contributed by atoms with van der Waals surface area (Å²) in [4.78, 5) is 21.5. The van der Waals surface area contributed by atoms with Gasteiger partial charge < -0.3 is 4.90 Å². The number of amides is 1. The van der Waals surface area contributed by atoms with Crippen molar-refractivity contribution in [2.45, 2.75) is 19.0 Å². The van der Waals surface area contributed by atoms with Crippen molar-refractivity contribution in [2.24, 2.45) is 0 Å². The van der Waals surface area contributed by atoms with Gasteiger partial charge in [0.2, 0.25) is 0 Å². The molecule has 2 N–H and O–H groups in total. The Hall–Kier alpha value is -2.28. The van der Waals surface area contributed by atoms with Crippen LogP contribution in [0.25, 0.3) is 0 Å². The number of nitrogens with zero attached hydrogens (tertiary/aromatic N) is 3. The Bertz CT molecular complexity index is 720. The van der Waals surface area contributed by atoms with E-state index in [1.54, 1.807) is 0 Å². The van der Waals surface area contributed by atoms with E-state index < -0.39 is 0 Å². The highest BCUT2D eigenvalue weighted by atomic mass is 16.2. The monoisotopic (exact) mass is 351 g/mol. The highest BCUT2D eigenvalue weighted by Crippen LogP contribution is 2.20. The van der Waals surface area contributed by atoms with E-state index in [0.29, 0.717) is 6.04 Å². The molecule has 6 heteroatoms. The van der Waals surface area contributed by atoms with Gasteiger partial charge in [0.15, 0.2) is 0 Å². The zero-order valence-electron chi connectivity index (χ0n) is 14.9.